The monoisotopic (exact) mass is 292 g/mol. The molecule has 0 bridgehead atoms. The SMILES string of the molecule is OC(CN1CCC(Cn2ccnn2)CC1)CC(F)(F)F. The van der Waals surface area contributed by atoms with Crippen LogP contribution >= 0.6 is 0 Å². The molecule has 0 aliphatic carbocycles. The summed E-state index contributed by atoms with van der Waals surface area (Å²) in [5, 5.41) is 17.1. The minimum Gasteiger partial charge on any atom is -0.391 e. The maximum atomic E-state index is 12.1. The van der Waals surface area contributed by atoms with Gasteiger partial charge in [-0.15, -0.1) is 5.10 Å². The fourth-order valence-corrected chi connectivity index (χ4v) is 2.58. The molecule has 8 heteroatoms. The van der Waals surface area contributed by atoms with Crippen LogP contribution in [0.1, 0.15) is 19.3 Å². The number of aliphatic hydroxyl groups is 1. The van der Waals surface area contributed by atoms with E-state index in [4.69, 9.17) is 0 Å². The number of hydrogen-bond donors (Lipinski definition) is 1. The number of aromatic nitrogens is 3. The number of β-amino-alcohol motifs (C(OH)–C–C–N with tert-alkyl or cyclic N) is 1. The highest BCUT2D eigenvalue weighted by atomic mass is 19.4. The molecule has 0 radical (unpaired) electrons. The number of hydrogen-bond acceptors (Lipinski definition) is 4. The van der Waals surface area contributed by atoms with Crippen molar-refractivity contribution in [3.63, 3.8) is 0 Å². The number of rotatable bonds is 5. The van der Waals surface area contributed by atoms with Gasteiger partial charge in [-0.1, -0.05) is 5.21 Å². The molecule has 2 rings (SSSR count). The molecular weight excluding hydrogens is 273 g/mol. The number of piperidine rings is 1. The van der Waals surface area contributed by atoms with E-state index in [9.17, 15) is 18.3 Å². The lowest BCUT2D eigenvalue weighted by atomic mass is 9.96. The predicted molar refractivity (Wildman–Crippen MR) is 65.9 cm³/mol. The number of nitrogens with zero attached hydrogens (tertiary/aromatic N) is 4. The molecule has 1 unspecified atom stereocenters. The Hall–Kier alpha value is -1.15. The molecular formula is C12H19F3N4O. The Morgan fingerprint density at radius 3 is 2.55 bits per heavy atom. The standard InChI is InChI=1S/C12H19F3N4O/c13-12(14,15)7-11(20)9-18-4-1-10(2-5-18)8-19-6-3-16-17-19/h3,6,10-11,20H,1-2,4-5,7-9H2. The summed E-state index contributed by atoms with van der Waals surface area (Å²) in [5.74, 6) is 0.465. The molecule has 1 aromatic heterocycles. The van der Waals surface area contributed by atoms with Gasteiger partial charge < -0.3 is 10.0 Å². The first-order valence-corrected chi connectivity index (χ1v) is 6.73. The topological polar surface area (TPSA) is 54.2 Å². The van der Waals surface area contributed by atoms with Gasteiger partial charge in [0.05, 0.1) is 18.7 Å². The van der Waals surface area contributed by atoms with Crippen molar-refractivity contribution in [3.05, 3.63) is 12.4 Å². The van der Waals surface area contributed by atoms with Crippen molar-refractivity contribution in [2.75, 3.05) is 19.6 Å². The molecule has 2 heterocycles. The summed E-state index contributed by atoms with van der Waals surface area (Å²) < 4.78 is 38.2. The van der Waals surface area contributed by atoms with E-state index in [0.29, 0.717) is 19.0 Å². The van der Waals surface area contributed by atoms with E-state index in [-0.39, 0.29) is 6.54 Å². The Bertz CT molecular complexity index is 388. The maximum Gasteiger partial charge on any atom is 0.391 e. The van der Waals surface area contributed by atoms with Crippen LogP contribution in [-0.2, 0) is 6.54 Å². The van der Waals surface area contributed by atoms with E-state index < -0.39 is 18.7 Å². The van der Waals surface area contributed by atoms with Crippen molar-refractivity contribution < 1.29 is 18.3 Å². The van der Waals surface area contributed by atoms with E-state index in [1.54, 1.807) is 17.1 Å². The van der Waals surface area contributed by atoms with Gasteiger partial charge in [0.15, 0.2) is 0 Å². The van der Waals surface area contributed by atoms with Gasteiger partial charge >= 0.3 is 6.18 Å². The molecule has 1 N–H and O–H groups in total. The molecule has 0 amide bonds. The average molecular weight is 292 g/mol. The number of alkyl halides is 3. The van der Waals surface area contributed by atoms with Gasteiger partial charge in [-0.3, -0.25) is 4.68 Å². The van der Waals surface area contributed by atoms with Crippen LogP contribution in [0.3, 0.4) is 0 Å². The molecule has 1 aliphatic rings. The van der Waals surface area contributed by atoms with Gasteiger partial charge in [0, 0.05) is 19.3 Å². The maximum absolute atomic E-state index is 12.1. The lowest BCUT2D eigenvalue weighted by Gasteiger charge is -2.33. The van der Waals surface area contributed by atoms with E-state index in [1.165, 1.54) is 0 Å². The van der Waals surface area contributed by atoms with Crippen molar-refractivity contribution >= 4 is 0 Å². The van der Waals surface area contributed by atoms with Crippen LogP contribution in [0.4, 0.5) is 13.2 Å². The molecule has 1 saturated heterocycles. The van der Waals surface area contributed by atoms with Gasteiger partial charge in [0.1, 0.15) is 0 Å². The third-order valence-corrected chi connectivity index (χ3v) is 3.56. The zero-order valence-electron chi connectivity index (χ0n) is 11.1. The summed E-state index contributed by atoms with van der Waals surface area (Å²) in [7, 11) is 0. The molecule has 1 atom stereocenters. The van der Waals surface area contributed by atoms with E-state index in [0.717, 1.165) is 19.4 Å². The second-order valence-corrected chi connectivity index (χ2v) is 5.34. The second kappa shape index (κ2) is 6.53. The van der Waals surface area contributed by atoms with E-state index in [2.05, 4.69) is 10.3 Å². The lowest BCUT2D eigenvalue weighted by molar-refractivity contribution is -0.155. The quantitative estimate of drug-likeness (QED) is 0.889. The fourth-order valence-electron chi connectivity index (χ4n) is 2.58. The summed E-state index contributed by atoms with van der Waals surface area (Å²) >= 11 is 0. The van der Waals surface area contributed by atoms with Crippen molar-refractivity contribution in [1.29, 1.82) is 0 Å². The number of aliphatic hydroxyl groups excluding tert-OH is 1. The molecule has 114 valence electrons. The van der Waals surface area contributed by atoms with Gasteiger partial charge in [-0.05, 0) is 31.8 Å². The highest BCUT2D eigenvalue weighted by molar-refractivity contribution is 4.76. The third kappa shape index (κ3) is 5.09. The summed E-state index contributed by atoms with van der Waals surface area (Å²) in [4.78, 5) is 1.90. The van der Waals surface area contributed by atoms with Crippen LogP contribution in [-0.4, -0.2) is 56.9 Å². The van der Waals surface area contributed by atoms with Crippen molar-refractivity contribution in [1.82, 2.24) is 19.9 Å². The molecule has 0 saturated carbocycles. The minimum atomic E-state index is -4.30. The Labute approximate surface area is 115 Å². The zero-order valence-corrected chi connectivity index (χ0v) is 11.1. The van der Waals surface area contributed by atoms with Gasteiger partial charge in [-0.2, -0.15) is 13.2 Å². The van der Waals surface area contributed by atoms with Crippen LogP contribution in [0, 0.1) is 5.92 Å². The normalized spacial score (nSPS) is 20.2. The molecule has 0 aromatic carbocycles. The van der Waals surface area contributed by atoms with Gasteiger partial charge in [-0.25, -0.2) is 0 Å². The summed E-state index contributed by atoms with van der Waals surface area (Å²) in [6.45, 7) is 2.32. The molecule has 1 fully saturated rings. The van der Waals surface area contributed by atoms with Crippen molar-refractivity contribution in [2.24, 2.45) is 5.92 Å². The van der Waals surface area contributed by atoms with Gasteiger partial charge in [0.25, 0.3) is 0 Å². The third-order valence-electron chi connectivity index (χ3n) is 3.56. The summed E-state index contributed by atoms with van der Waals surface area (Å²) in [6.07, 6.45) is -1.53. The Morgan fingerprint density at radius 2 is 2.00 bits per heavy atom. The predicted octanol–water partition coefficient (Wildman–Crippen LogP) is 1.30. The summed E-state index contributed by atoms with van der Waals surface area (Å²) in [6, 6.07) is 0. The summed E-state index contributed by atoms with van der Waals surface area (Å²) in [5.41, 5.74) is 0. The van der Waals surface area contributed by atoms with Crippen LogP contribution < -0.4 is 0 Å². The molecule has 20 heavy (non-hydrogen) atoms. The highest BCUT2D eigenvalue weighted by Gasteiger charge is 2.32. The Morgan fingerprint density at radius 1 is 1.30 bits per heavy atom. The van der Waals surface area contributed by atoms with Crippen LogP contribution in [0.15, 0.2) is 12.4 Å². The van der Waals surface area contributed by atoms with Crippen LogP contribution in [0.5, 0.6) is 0 Å². The molecule has 1 aliphatic heterocycles. The van der Waals surface area contributed by atoms with Crippen molar-refractivity contribution in [3.8, 4) is 0 Å². The van der Waals surface area contributed by atoms with Crippen molar-refractivity contribution in [2.45, 2.75) is 38.1 Å². The second-order valence-electron chi connectivity index (χ2n) is 5.34. The molecule has 1 aromatic rings. The molecule has 0 spiro atoms. The van der Waals surface area contributed by atoms with E-state index in [1.807, 2.05) is 4.90 Å². The smallest absolute Gasteiger partial charge is 0.391 e. The number of halogens is 3. The van der Waals surface area contributed by atoms with Gasteiger partial charge in [0.2, 0.25) is 0 Å². The first kappa shape index (κ1) is 15.2. The highest BCUT2D eigenvalue weighted by Crippen LogP contribution is 2.23. The zero-order chi connectivity index (χ0) is 14.6. The largest absolute Gasteiger partial charge is 0.391 e. The fraction of sp³-hybridized carbons (Fsp3) is 0.833. The van der Waals surface area contributed by atoms with E-state index >= 15 is 0 Å². The Kier molecular flexibility index (Phi) is 4.98. The first-order chi connectivity index (χ1) is 9.42. The number of likely N-dealkylation sites (tertiary alicyclic amines) is 1. The lowest BCUT2D eigenvalue weighted by Crippen LogP contribution is -2.40. The minimum absolute atomic E-state index is 0.0928. The average Bonchev–Trinajstić information content (AvgIpc) is 2.82. The van der Waals surface area contributed by atoms with Crippen LogP contribution in [0.25, 0.3) is 0 Å². The first-order valence-electron chi connectivity index (χ1n) is 6.73. The molecule has 5 nitrogen and oxygen atoms in total. The van der Waals surface area contributed by atoms with Crippen LogP contribution in [0.2, 0.25) is 0 Å². The Balaban J connectivity index is 1.69.